The van der Waals surface area contributed by atoms with Crippen LogP contribution in [0.1, 0.15) is 0 Å². The molecule has 0 aliphatic rings. The van der Waals surface area contributed by atoms with Gasteiger partial charge in [0.15, 0.2) is 11.0 Å². The molecule has 0 aliphatic heterocycles. The van der Waals surface area contributed by atoms with Crippen LogP contribution in [0.4, 0.5) is 5.69 Å². The first-order valence-electron chi connectivity index (χ1n) is 6.16. The minimum absolute atomic E-state index is 0.0506. The molecule has 0 aliphatic carbocycles. The lowest BCUT2D eigenvalue weighted by Crippen LogP contribution is -2.04. The van der Waals surface area contributed by atoms with Crippen LogP contribution in [0.2, 0.25) is 0 Å². The van der Waals surface area contributed by atoms with Crippen molar-refractivity contribution in [3.8, 4) is 11.4 Å². The van der Waals surface area contributed by atoms with Gasteiger partial charge in [0.2, 0.25) is 0 Å². The number of allylic oxidation sites excluding steroid dienone is 1. The smallest absolute Gasteiger partial charge is 0.313 e. The molecule has 114 valence electrons. The SMILES string of the molecule is C=CCn1c(SCC(=O)O)nnc1-c1cccc([N+](=O)[O-])c1. The van der Waals surface area contributed by atoms with Crippen molar-refractivity contribution in [3.05, 3.63) is 47.0 Å². The highest BCUT2D eigenvalue weighted by Gasteiger charge is 2.16. The second-order valence-electron chi connectivity index (χ2n) is 4.20. The van der Waals surface area contributed by atoms with Crippen molar-refractivity contribution >= 4 is 23.4 Å². The second-order valence-corrected chi connectivity index (χ2v) is 5.14. The van der Waals surface area contributed by atoms with Crippen LogP contribution in [0.25, 0.3) is 11.4 Å². The van der Waals surface area contributed by atoms with Crippen LogP contribution < -0.4 is 0 Å². The standard InChI is InChI=1S/C13H12N4O4S/c1-2-6-16-12(14-15-13(16)22-8-11(18)19)9-4-3-5-10(7-9)17(20)21/h2-5,7H,1,6,8H2,(H,18,19). The Morgan fingerprint density at radius 1 is 1.50 bits per heavy atom. The number of nitro benzene ring substituents is 1. The lowest BCUT2D eigenvalue weighted by molar-refractivity contribution is -0.384. The molecule has 1 heterocycles. The molecule has 0 amide bonds. The summed E-state index contributed by atoms with van der Waals surface area (Å²) in [5.41, 5.74) is 0.483. The van der Waals surface area contributed by atoms with Crippen molar-refractivity contribution in [2.24, 2.45) is 0 Å². The van der Waals surface area contributed by atoms with E-state index in [-0.39, 0.29) is 11.4 Å². The summed E-state index contributed by atoms with van der Waals surface area (Å²) in [4.78, 5) is 21.0. The molecule has 0 bridgehead atoms. The zero-order chi connectivity index (χ0) is 16.1. The Kier molecular flexibility index (Phi) is 4.89. The summed E-state index contributed by atoms with van der Waals surface area (Å²) in [5.74, 6) is -0.684. The molecule has 0 saturated carbocycles. The van der Waals surface area contributed by atoms with Gasteiger partial charge in [-0.3, -0.25) is 19.5 Å². The van der Waals surface area contributed by atoms with Crippen molar-refractivity contribution in [2.45, 2.75) is 11.7 Å². The molecular formula is C13H12N4O4S. The number of benzene rings is 1. The molecule has 1 aromatic heterocycles. The predicted octanol–water partition coefficient (Wildman–Crippen LogP) is 2.22. The van der Waals surface area contributed by atoms with Crippen LogP contribution in [-0.2, 0) is 11.3 Å². The average molecular weight is 320 g/mol. The predicted molar refractivity (Wildman–Crippen MR) is 80.7 cm³/mol. The van der Waals surface area contributed by atoms with Gasteiger partial charge in [-0.2, -0.15) is 0 Å². The third kappa shape index (κ3) is 3.50. The quantitative estimate of drug-likeness (QED) is 0.360. The summed E-state index contributed by atoms with van der Waals surface area (Å²) < 4.78 is 1.67. The van der Waals surface area contributed by atoms with Gasteiger partial charge < -0.3 is 5.11 Å². The summed E-state index contributed by atoms with van der Waals surface area (Å²) in [7, 11) is 0. The Morgan fingerprint density at radius 2 is 2.27 bits per heavy atom. The van der Waals surface area contributed by atoms with Crippen LogP contribution >= 0.6 is 11.8 Å². The highest BCUT2D eigenvalue weighted by atomic mass is 32.2. The van der Waals surface area contributed by atoms with Gasteiger partial charge in [-0.15, -0.1) is 16.8 Å². The number of hydrogen-bond acceptors (Lipinski definition) is 6. The summed E-state index contributed by atoms with van der Waals surface area (Å²) >= 11 is 1.03. The molecule has 0 radical (unpaired) electrons. The maximum absolute atomic E-state index is 10.9. The molecular weight excluding hydrogens is 308 g/mol. The maximum atomic E-state index is 10.9. The number of nitro groups is 1. The molecule has 0 fully saturated rings. The first-order valence-corrected chi connectivity index (χ1v) is 7.15. The van der Waals surface area contributed by atoms with E-state index in [2.05, 4.69) is 16.8 Å². The summed E-state index contributed by atoms with van der Waals surface area (Å²) in [6.45, 7) is 4.01. The Balaban J connectivity index is 2.41. The monoisotopic (exact) mass is 320 g/mol. The van der Waals surface area contributed by atoms with Crippen LogP contribution in [0, 0.1) is 10.1 Å². The number of hydrogen-bond donors (Lipinski definition) is 1. The second kappa shape index (κ2) is 6.85. The summed E-state index contributed by atoms with van der Waals surface area (Å²) in [5, 5.41) is 28.0. The zero-order valence-electron chi connectivity index (χ0n) is 11.4. The van der Waals surface area contributed by atoms with E-state index in [4.69, 9.17) is 5.11 Å². The van der Waals surface area contributed by atoms with E-state index < -0.39 is 10.9 Å². The topological polar surface area (TPSA) is 111 Å². The van der Waals surface area contributed by atoms with Crippen LogP contribution in [-0.4, -0.2) is 36.5 Å². The molecule has 0 spiro atoms. The molecule has 0 atom stereocenters. The summed E-state index contributed by atoms with van der Waals surface area (Å²) in [6, 6.07) is 6.03. The van der Waals surface area contributed by atoms with E-state index in [9.17, 15) is 14.9 Å². The zero-order valence-corrected chi connectivity index (χ0v) is 12.2. The van der Waals surface area contributed by atoms with E-state index in [1.54, 1.807) is 22.8 Å². The van der Waals surface area contributed by atoms with Gasteiger partial charge in [0.1, 0.15) is 0 Å². The molecule has 8 nitrogen and oxygen atoms in total. The Bertz CT molecular complexity index is 729. The third-order valence-corrected chi connectivity index (χ3v) is 3.62. The minimum Gasteiger partial charge on any atom is -0.481 e. The maximum Gasteiger partial charge on any atom is 0.313 e. The number of thioether (sulfide) groups is 1. The van der Waals surface area contributed by atoms with E-state index in [0.717, 1.165) is 11.8 Å². The van der Waals surface area contributed by atoms with Crippen LogP contribution in [0.15, 0.2) is 42.1 Å². The fraction of sp³-hybridized carbons (Fsp3) is 0.154. The highest BCUT2D eigenvalue weighted by Crippen LogP contribution is 2.26. The Labute approximate surface area is 129 Å². The number of nitrogens with zero attached hydrogens (tertiary/aromatic N) is 4. The molecule has 9 heteroatoms. The fourth-order valence-corrected chi connectivity index (χ4v) is 2.46. The van der Waals surface area contributed by atoms with Crippen molar-refractivity contribution in [1.82, 2.24) is 14.8 Å². The third-order valence-electron chi connectivity index (χ3n) is 2.67. The van der Waals surface area contributed by atoms with Gasteiger partial charge in [-0.1, -0.05) is 30.0 Å². The van der Waals surface area contributed by atoms with Gasteiger partial charge in [-0.05, 0) is 0 Å². The van der Waals surface area contributed by atoms with Crippen molar-refractivity contribution in [1.29, 1.82) is 0 Å². The van der Waals surface area contributed by atoms with Crippen LogP contribution in [0.3, 0.4) is 0 Å². The molecule has 0 saturated heterocycles. The number of carboxylic acid groups (broad SMARTS) is 1. The molecule has 2 aromatic rings. The van der Waals surface area contributed by atoms with Gasteiger partial charge in [0.25, 0.3) is 5.69 Å². The van der Waals surface area contributed by atoms with Gasteiger partial charge >= 0.3 is 5.97 Å². The number of carboxylic acids is 1. The first kappa shape index (κ1) is 15.7. The minimum atomic E-state index is -0.963. The van der Waals surface area contributed by atoms with Crippen molar-refractivity contribution in [3.63, 3.8) is 0 Å². The molecule has 0 unspecified atom stereocenters. The van der Waals surface area contributed by atoms with Gasteiger partial charge in [0, 0.05) is 24.2 Å². The van der Waals surface area contributed by atoms with Crippen molar-refractivity contribution in [2.75, 3.05) is 5.75 Å². The number of aliphatic carboxylic acids is 1. The number of rotatable bonds is 7. The van der Waals surface area contributed by atoms with E-state index >= 15 is 0 Å². The number of carbonyl (C=O) groups is 1. The fourth-order valence-electron chi connectivity index (χ4n) is 1.79. The lowest BCUT2D eigenvalue weighted by atomic mass is 10.2. The van der Waals surface area contributed by atoms with E-state index in [0.29, 0.717) is 23.1 Å². The lowest BCUT2D eigenvalue weighted by Gasteiger charge is -2.06. The van der Waals surface area contributed by atoms with E-state index in [1.807, 2.05) is 0 Å². The average Bonchev–Trinajstić information content (AvgIpc) is 2.88. The Morgan fingerprint density at radius 3 is 2.91 bits per heavy atom. The number of non-ortho nitro benzene ring substituents is 1. The molecule has 1 N–H and O–H groups in total. The largest absolute Gasteiger partial charge is 0.481 e. The van der Waals surface area contributed by atoms with Gasteiger partial charge in [-0.25, -0.2) is 0 Å². The molecule has 22 heavy (non-hydrogen) atoms. The van der Waals surface area contributed by atoms with Crippen LogP contribution in [0.5, 0.6) is 0 Å². The van der Waals surface area contributed by atoms with Crippen molar-refractivity contribution < 1.29 is 14.8 Å². The van der Waals surface area contributed by atoms with Gasteiger partial charge in [0.05, 0.1) is 10.7 Å². The molecule has 2 rings (SSSR count). The molecule has 1 aromatic carbocycles. The first-order chi connectivity index (χ1) is 10.5. The highest BCUT2D eigenvalue weighted by molar-refractivity contribution is 7.99. The Hall–Kier alpha value is -2.68. The van der Waals surface area contributed by atoms with E-state index in [1.165, 1.54) is 12.1 Å². The number of aromatic nitrogens is 3. The summed E-state index contributed by atoms with van der Waals surface area (Å²) in [6.07, 6.45) is 1.62. The normalized spacial score (nSPS) is 10.4.